The van der Waals surface area contributed by atoms with Gasteiger partial charge in [0, 0.05) is 36.6 Å². The minimum atomic E-state index is -0.0996. The van der Waals surface area contributed by atoms with Gasteiger partial charge in [-0.2, -0.15) is 0 Å². The fraction of sp³-hybridized carbons (Fsp3) is 0.480. The molecule has 8 heteroatoms. The van der Waals surface area contributed by atoms with Crippen LogP contribution in [0, 0.1) is 0 Å². The van der Waals surface area contributed by atoms with E-state index in [1.54, 1.807) is 22.2 Å². The van der Waals surface area contributed by atoms with Crippen LogP contribution in [0.4, 0.5) is 5.69 Å². The highest BCUT2D eigenvalue weighted by atomic mass is 32.1. The molecule has 1 aromatic carbocycles. The van der Waals surface area contributed by atoms with E-state index in [0.29, 0.717) is 6.54 Å². The van der Waals surface area contributed by atoms with Crippen LogP contribution in [0.5, 0.6) is 0 Å². The van der Waals surface area contributed by atoms with Crippen molar-refractivity contribution in [2.75, 3.05) is 31.2 Å². The van der Waals surface area contributed by atoms with Crippen LogP contribution in [0.1, 0.15) is 48.2 Å². The van der Waals surface area contributed by atoms with E-state index in [1.165, 1.54) is 22.5 Å². The molecule has 1 atom stereocenters. The van der Waals surface area contributed by atoms with Crippen molar-refractivity contribution in [3.8, 4) is 0 Å². The van der Waals surface area contributed by atoms with Gasteiger partial charge in [0.15, 0.2) is 0 Å². The first kappa shape index (κ1) is 22.1. The molecule has 0 saturated carbocycles. The Kier molecular flexibility index (Phi) is 6.46. The van der Waals surface area contributed by atoms with Crippen LogP contribution in [0.15, 0.2) is 35.4 Å². The number of aryl methyl sites for hydroxylation is 3. The van der Waals surface area contributed by atoms with Crippen LogP contribution >= 0.6 is 11.3 Å². The molecule has 5 rings (SSSR count). The lowest BCUT2D eigenvalue weighted by Crippen LogP contribution is -2.36. The normalized spacial score (nSPS) is 17.1. The minimum absolute atomic E-state index is 0.0149. The molecule has 1 aliphatic carbocycles. The number of carbonyl (C=O) groups is 1. The van der Waals surface area contributed by atoms with E-state index in [-0.39, 0.29) is 23.9 Å². The molecule has 0 radical (unpaired) electrons. The average molecular weight is 467 g/mol. The highest BCUT2D eigenvalue weighted by Crippen LogP contribution is 2.33. The van der Waals surface area contributed by atoms with E-state index in [4.69, 9.17) is 4.74 Å². The van der Waals surface area contributed by atoms with Gasteiger partial charge in [0.05, 0.1) is 31.0 Å². The van der Waals surface area contributed by atoms with E-state index in [9.17, 15) is 9.59 Å². The number of fused-ring (bicyclic) bond motifs is 3. The standard InChI is InChI=1S/C25H30N4O3S/c1-17(18-6-8-19(9-7-18)28-12-14-32-15-13-28)27-22(30)10-11-29-16-26-24-23(25(29)31)20-4-2-3-5-21(20)33-24/h6-9,16-17H,2-5,10-15H2,1H3,(H,27,30). The maximum atomic E-state index is 13.1. The number of rotatable bonds is 6. The number of benzene rings is 1. The first-order valence-electron chi connectivity index (χ1n) is 11.8. The lowest BCUT2D eigenvalue weighted by molar-refractivity contribution is -0.121. The molecule has 0 spiro atoms. The maximum absolute atomic E-state index is 13.1. The summed E-state index contributed by atoms with van der Waals surface area (Å²) in [5, 5.41) is 3.83. The minimum Gasteiger partial charge on any atom is -0.378 e. The number of amides is 1. The van der Waals surface area contributed by atoms with Crippen molar-refractivity contribution < 1.29 is 9.53 Å². The predicted molar refractivity (Wildman–Crippen MR) is 131 cm³/mol. The van der Waals surface area contributed by atoms with E-state index >= 15 is 0 Å². The smallest absolute Gasteiger partial charge is 0.262 e. The van der Waals surface area contributed by atoms with E-state index in [2.05, 4.69) is 39.5 Å². The Morgan fingerprint density at radius 2 is 1.94 bits per heavy atom. The number of anilines is 1. The number of hydrogen-bond acceptors (Lipinski definition) is 6. The summed E-state index contributed by atoms with van der Waals surface area (Å²) in [4.78, 5) is 34.6. The average Bonchev–Trinajstić information content (AvgIpc) is 3.23. The van der Waals surface area contributed by atoms with Gasteiger partial charge in [-0.3, -0.25) is 14.2 Å². The first-order chi connectivity index (χ1) is 16.1. The Morgan fingerprint density at radius 3 is 2.73 bits per heavy atom. The summed E-state index contributed by atoms with van der Waals surface area (Å²) in [5.41, 5.74) is 3.41. The second-order valence-electron chi connectivity index (χ2n) is 8.86. The van der Waals surface area contributed by atoms with Crippen LogP contribution in [0.25, 0.3) is 10.2 Å². The Balaban J connectivity index is 1.20. The lowest BCUT2D eigenvalue weighted by Gasteiger charge is -2.29. The van der Waals surface area contributed by atoms with Crippen molar-refractivity contribution in [2.24, 2.45) is 0 Å². The number of ether oxygens (including phenoxy) is 1. The van der Waals surface area contributed by atoms with Crippen molar-refractivity contribution in [1.29, 1.82) is 0 Å². The molecule has 1 aliphatic heterocycles. The second-order valence-corrected chi connectivity index (χ2v) is 9.95. The summed E-state index contributed by atoms with van der Waals surface area (Å²) < 4.78 is 7.01. The Bertz CT molecular complexity index is 1190. The Labute approximate surface area is 197 Å². The molecule has 2 aliphatic rings. The predicted octanol–water partition coefficient (Wildman–Crippen LogP) is 3.44. The molecule has 1 N–H and O–H groups in total. The van der Waals surface area contributed by atoms with E-state index in [0.717, 1.165) is 61.3 Å². The lowest BCUT2D eigenvalue weighted by atomic mass is 9.97. The second kappa shape index (κ2) is 9.65. The third-order valence-corrected chi connectivity index (χ3v) is 7.87. The highest BCUT2D eigenvalue weighted by Gasteiger charge is 2.20. The fourth-order valence-electron chi connectivity index (χ4n) is 4.75. The number of carbonyl (C=O) groups excluding carboxylic acids is 1. The highest BCUT2D eigenvalue weighted by molar-refractivity contribution is 7.18. The zero-order valence-electron chi connectivity index (χ0n) is 19.0. The number of nitrogens with one attached hydrogen (secondary N) is 1. The molecule has 3 aromatic rings. The van der Waals surface area contributed by atoms with Crippen LogP contribution in [0.3, 0.4) is 0 Å². The topological polar surface area (TPSA) is 76.5 Å². The molecule has 1 unspecified atom stereocenters. The SMILES string of the molecule is CC(NC(=O)CCn1cnc2sc3c(c2c1=O)CCCC3)c1ccc(N2CCOCC2)cc1. The van der Waals surface area contributed by atoms with Gasteiger partial charge in [-0.15, -0.1) is 11.3 Å². The van der Waals surface area contributed by atoms with Gasteiger partial charge < -0.3 is 15.0 Å². The molecule has 1 fully saturated rings. The summed E-state index contributed by atoms with van der Waals surface area (Å²) in [6, 6.07) is 8.24. The summed E-state index contributed by atoms with van der Waals surface area (Å²) >= 11 is 1.65. The number of aromatic nitrogens is 2. The fourth-order valence-corrected chi connectivity index (χ4v) is 5.97. The van der Waals surface area contributed by atoms with Gasteiger partial charge >= 0.3 is 0 Å². The number of thiophene rings is 1. The van der Waals surface area contributed by atoms with E-state index in [1.807, 2.05) is 6.92 Å². The van der Waals surface area contributed by atoms with Gasteiger partial charge in [-0.25, -0.2) is 4.98 Å². The van der Waals surface area contributed by atoms with Crippen molar-refractivity contribution in [3.63, 3.8) is 0 Å². The molecule has 7 nitrogen and oxygen atoms in total. The molecule has 33 heavy (non-hydrogen) atoms. The number of nitrogens with zero attached hydrogens (tertiary/aromatic N) is 3. The van der Waals surface area contributed by atoms with Crippen LogP contribution in [-0.2, 0) is 28.9 Å². The zero-order valence-corrected chi connectivity index (χ0v) is 19.8. The monoisotopic (exact) mass is 466 g/mol. The Hall–Kier alpha value is -2.71. The van der Waals surface area contributed by atoms with Crippen molar-refractivity contribution in [1.82, 2.24) is 14.9 Å². The van der Waals surface area contributed by atoms with E-state index < -0.39 is 0 Å². The molecule has 1 saturated heterocycles. The first-order valence-corrected chi connectivity index (χ1v) is 12.6. The molecule has 174 valence electrons. The van der Waals surface area contributed by atoms with Crippen molar-refractivity contribution in [3.05, 3.63) is 57.0 Å². The summed E-state index contributed by atoms with van der Waals surface area (Å²) in [5.74, 6) is -0.0703. The van der Waals surface area contributed by atoms with Gasteiger partial charge in [0.1, 0.15) is 4.83 Å². The van der Waals surface area contributed by atoms with Crippen molar-refractivity contribution >= 4 is 33.1 Å². The molecule has 0 bridgehead atoms. The largest absolute Gasteiger partial charge is 0.378 e. The van der Waals surface area contributed by atoms with Crippen LogP contribution in [0.2, 0.25) is 0 Å². The summed E-state index contributed by atoms with van der Waals surface area (Å²) in [6.45, 7) is 5.64. The van der Waals surface area contributed by atoms with Crippen LogP contribution < -0.4 is 15.8 Å². The number of hydrogen-bond donors (Lipinski definition) is 1. The maximum Gasteiger partial charge on any atom is 0.262 e. The van der Waals surface area contributed by atoms with Gasteiger partial charge in [0.25, 0.3) is 5.56 Å². The Morgan fingerprint density at radius 1 is 1.18 bits per heavy atom. The van der Waals surface area contributed by atoms with Crippen molar-refractivity contribution in [2.45, 2.75) is 51.6 Å². The molecule has 1 amide bonds. The zero-order chi connectivity index (χ0) is 22.8. The molecule has 3 heterocycles. The van der Waals surface area contributed by atoms with Crippen LogP contribution in [-0.4, -0.2) is 41.8 Å². The summed E-state index contributed by atoms with van der Waals surface area (Å²) in [6.07, 6.45) is 6.15. The molecular formula is C25H30N4O3S. The van der Waals surface area contributed by atoms with Gasteiger partial charge in [-0.05, 0) is 55.9 Å². The summed E-state index contributed by atoms with van der Waals surface area (Å²) in [7, 11) is 0. The molecular weight excluding hydrogens is 436 g/mol. The quantitative estimate of drug-likeness (QED) is 0.602. The third-order valence-electron chi connectivity index (χ3n) is 6.67. The van der Waals surface area contributed by atoms with Gasteiger partial charge in [-0.1, -0.05) is 12.1 Å². The third kappa shape index (κ3) is 4.68. The number of morpholine rings is 1. The van der Waals surface area contributed by atoms with Gasteiger partial charge in [0.2, 0.25) is 5.91 Å². The molecule has 2 aromatic heterocycles.